The van der Waals surface area contributed by atoms with Crippen molar-refractivity contribution in [2.24, 2.45) is 0 Å². The van der Waals surface area contributed by atoms with Crippen LogP contribution in [0.15, 0.2) is 24.4 Å². The molecule has 1 atom stereocenters. The number of hydrogen-bond acceptors (Lipinski definition) is 2. The predicted molar refractivity (Wildman–Crippen MR) is 87.8 cm³/mol. The van der Waals surface area contributed by atoms with Gasteiger partial charge in [-0.15, -0.1) is 12.4 Å². The Balaban J connectivity index is 0.00000161. The molecule has 1 aromatic heterocycles. The highest BCUT2D eigenvalue weighted by Gasteiger charge is 2.23. The first-order valence-electron chi connectivity index (χ1n) is 7.18. The molecule has 2 N–H and O–H groups in total. The summed E-state index contributed by atoms with van der Waals surface area (Å²) in [5, 5.41) is 4.31. The Kier molecular flexibility index (Phi) is 4.91. The van der Waals surface area contributed by atoms with Gasteiger partial charge in [0.2, 0.25) is 5.91 Å². The third-order valence-corrected chi connectivity index (χ3v) is 4.00. The third-order valence-electron chi connectivity index (χ3n) is 4.00. The summed E-state index contributed by atoms with van der Waals surface area (Å²) in [5.41, 5.74) is 3.82. The molecule has 3 rings (SSSR count). The van der Waals surface area contributed by atoms with Crippen LogP contribution in [-0.4, -0.2) is 34.9 Å². The van der Waals surface area contributed by atoms with E-state index in [0.29, 0.717) is 6.04 Å². The van der Waals surface area contributed by atoms with E-state index in [9.17, 15) is 4.79 Å². The lowest BCUT2D eigenvalue weighted by atomic mass is 10.1. The van der Waals surface area contributed by atoms with E-state index in [1.807, 2.05) is 0 Å². The van der Waals surface area contributed by atoms with Gasteiger partial charge in [-0.1, -0.05) is 12.1 Å². The van der Waals surface area contributed by atoms with Gasteiger partial charge < -0.3 is 10.3 Å². The first-order valence-corrected chi connectivity index (χ1v) is 7.18. The molecule has 4 nitrogen and oxygen atoms in total. The minimum Gasteiger partial charge on any atom is -0.361 e. The third kappa shape index (κ3) is 3.57. The second-order valence-electron chi connectivity index (χ2n) is 5.78. The number of halogens is 1. The van der Waals surface area contributed by atoms with Crippen molar-refractivity contribution in [3.8, 4) is 0 Å². The number of carbonyl (C=O) groups is 1. The summed E-state index contributed by atoms with van der Waals surface area (Å²) in [4.78, 5) is 16.9. The number of amides is 1. The lowest BCUT2D eigenvalue weighted by Crippen LogP contribution is -2.35. The molecule has 2 aromatic rings. The predicted octanol–water partition coefficient (Wildman–Crippen LogP) is 2.61. The molecular weight excluding hydrogens is 286 g/mol. The summed E-state index contributed by atoms with van der Waals surface area (Å²) in [5.74, 6) is 0.0689. The van der Waals surface area contributed by atoms with Gasteiger partial charge in [-0.05, 0) is 30.5 Å². The Hall–Kier alpha value is -1.52. The zero-order chi connectivity index (χ0) is 14.1. The number of likely N-dealkylation sites (tertiary alicyclic amines) is 1. The number of aryl methyl sites for hydroxylation is 1. The van der Waals surface area contributed by atoms with Crippen LogP contribution in [0.2, 0.25) is 0 Å². The molecule has 1 aromatic carbocycles. The average molecular weight is 308 g/mol. The molecule has 114 valence electrons. The molecule has 2 heterocycles. The second kappa shape index (κ2) is 6.50. The van der Waals surface area contributed by atoms with E-state index in [-0.39, 0.29) is 18.3 Å². The highest BCUT2D eigenvalue weighted by atomic mass is 35.5. The van der Waals surface area contributed by atoms with Crippen molar-refractivity contribution in [1.29, 1.82) is 0 Å². The fourth-order valence-electron chi connectivity index (χ4n) is 3.05. The number of rotatable bonds is 3. The minimum atomic E-state index is 0. The van der Waals surface area contributed by atoms with E-state index < -0.39 is 0 Å². The van der Waals surface area contributed by atoms with Crippen LogP contribution in [0.25, 0.3) is 10.9 Å². The minimum absolute atomic E-state index is 0. The summed E-state index contributed by atoms with van der Waals surface area (Å²) >= 11 is 0. The molecule has 1 aliphatic rings. The van der Waals surface area contributed by atoms with Crippen LogP contribution in [0.3, 0.4) is 0 Å². The molecule has 0 bridgehead atoms. The van der Waals surface area contributed by atoms with Crippen molar-refractivity contribution in [3.63, 3.8) is 0 Å². The lowest BCUT2D eigenvalue weighted by Gasteiger charge is -2.15. The zero-order valence-corrected chi connectivity index (χ0v) is 13.3. The average Bonchev–Trinajstić information content (AvgIpc) is 2.97. The highest BCUT2D eigenvalue weighted by Crippen LogP contribution is 2.22. The summed E-state index contributed by atoms with van der Waals surface area (Å²) in [6.07, 6.45) is 3.15. The first kappa shape index (κ1) is 15.9. The van der Waals surface area contributed by atoms with Crippen LogP contribution in [0, 0.1) is 6.92 Å². The fraction of sp³-hybridized carbons (Fsp3) is 0.438. The standard InChI is InChI=1S/C16H21N3O.ClH/c1-11-3-4-15-13(8-17-16(15)7-11)9-19-6-5-14(10-19)18-12(2)20;/h3-4,7-8,14,17H,5-6,9-10H2,1-2H3,(H,18,20);1H. The number of nitrogens with zero attached hydrogens (tertiary/aromatic N) is 1. The monoisotopic (exact) mass is 307 g/mol. The molecule has 1 unspecified atom stereocenters. The van der Waals surface area contributed by atoms with Crippen LogP contribution in [0.5, 0.6) is 0 Å². The topological polar surface area (TPSA) is 48.1 Å². The van der Waals surface area contributed by atoms with Gasteiger partial charge in [-0.2, -0.15) is 0 Å². The highest BCUT2D eigenvalue weighted by molar-refractivity contribution is 5.85. The van der Waals surface area contributed by atoms with Crippen LogP contribution in [-0.2, 0) is 11.3 Å². The molecule has 1 amide bonds. The molecule has 1 saturated heterocycles. The van der Waals surface area contributed by atoms with Gasteiger partial charge in [0.25, 0.3) is 0 Å². The first-order chi connectivity index (χ1) is 9.61. The summed E-state index contributed by atoms with van der Waals surface area (Å²) in [6.45, 7) is 6.63. The van der Waals surface area contributed by atoms with Crippen LogP contribution in [0.4, 0.5) is 0 Å². The van der Waals surface area contributed by atoms with Gasteiger partial charge in [-0.25, -0.2) is 0 Å². The Morgan fingerprint density at radius 2 is 2.29 bits per heavy atom. The van der Waals surface area contributed by atoms with Crippen molar-refractivity contribution < 1.29 is 4.79 Å². The number of hydrogen-bond donors (Lipinski definition) is 2. The Morgan fingerprint density at radius 3 is 3.05 bits per heavy atom. The van der Waals surface area contributed by atoms with Crippen molar-refractivity contribution in [2.45, 2.75) is 32.9 Å². The second-order valence-corrected chi connectivity index (χ2v) is 5.78. The number of benzene rings is 1. The van der Waals surface area contributed by atoms with E-state index >= 15 is 0 Å². The number of aromatic amines is 1. The normalized spacial score (nSPS) is 18.7. The van der Waals surface area contributed by atoms with Crippen molar-refractivity contribution in [1.82, 2.24) is 15.2 Å². The smallest absolute Gasteiger partial charge is 0.217 e. The van der Waals surface area contributed by atoms with E-state index in [1.165, 1.54) is 22.0 Å². The molecule has 5 heteroatoms. The van der Waals surface area contributed by atoms with E-state index in [4.69, 9.17) is 0 Å². The van der Waals surface area contributed by atoms with Gasteiger partial charge in [0.1, 0.15) is 0 Å². The summed E-state index contributed by atoms with van der Waals surface area (Å²) < 4.78 is 0. The Labute approximate surface area is 131 Å². The van der Waals surface area contributed by atoms with Crippen molar-refractivity contribution in [3.05, 3.63) is 35.5 Å². The maximum atomic E-state index is 11.1. The molecule has 0 spiro atoms. The van der Waals surface area contributed by atoms with Gasteiger partial charge in [0.15, 0.2) is 0 Å². The lowest BCUT2D eigenvalue weighted by molar-refractivity contribution is -0.119. The molecule has 0 saturated carbocycles. The maximum absolute atomic E-state index is 11.1. The van der Waals surface area contributed by atoms with E-state index in [0.717, 1.165) is 26.1 Å². The Bertz CT molecular complexity index is 637. The summed E-state index contributed by atoms with van der Waals surface area (Å²) in [6, 6.07) is 6.84. The molecule has 1 fully saturated rings. The SMILES string of the molecule is CC(=O)NC1CCN(Cc2c[nH]c3cc(C)ccc23)C1.Cl. The number of nitrogens with one attached hydrogen (secondary N) is 2. The number of H-pyrrole nitrogens is 1. The molecule has 0 radical (unpaired) electrons. The van der Waals surface area contributed by atoms with E-state index in [1.54, 1.807) is 6.92 Å². The molecule has 1 aliphatic heterocycles. The van der Waals surface area contributed by atoms with Gasteiger partial charge in [0, 0.05) is 49.7 Å². The van der Waals surface area contributed by atoms with Crippen molar-refractivity contribution in [2.75, 3.05) is 13.1 Å². The maximum Gasteiger partial charge on any atom is 0.217 e. The van der Waals surface area contributed by atoms with Gasteiger partial charge >= 0.3 is 0 Å². The Morgan fingerprint density at radius 1 is 1.48 bits per heavy atom. The molecule has 21 heavy (non-hydrogen) atoms. The number of carbonyl (C=O) groups excluding carboxylic acids is 1. The largest absolute Gasteiger partial charge is 0.361 e. The molecule has 0 aliphatic carbocycles. The van der Waals surface area contributed by atoms with E-state index in [2.05, 4.69) is 46.5 Å². The molecular formula is C16H22ClN3O. The summed E-state index contributed by atoms with van der Waals surface area (Å²) in [7, 11) is 0. The van der Waals surface area contributed by atoms with Crippen LogP contribution < -0.4 is 5.32 Å². The number of fused-ring (bicyclic) bond motifs is 1. The number of aromatic nitrogens is 1. The zero-order valence-electron chi connectivity index (χ0n) is 12.5. The quantitative estimate of drug-likeness (QED) is 0.916. The van der Waals surface area contributed by atoms with Crippen LogP contribution in [0.1, 0.15) is 24.5 Å². The van der Waals surface area contributed by atoms with Crippen molar-refractivity contribution >= 4 is 29.2 Å². The van der Waals surface area contributed by atoms with Crippen LogP contribution >= 0.6 is 12.4 Å². The van der Waals surface area contributed by atoms with Gasteiger partial charge in [-0.3, -0.25) is 9.69 Å². The fourth-order valence-corrected chi connectivity index (χ4v) is 3.05. The van der Waals surface area contributed by atoms with Gasteiger partial charge in [0.05, 0.1) is 0 Å².